The van der Waals surface area contributed by atoms with Gasteiger partial charge in [-0.25, -0.2) is 24.0 Å². The molecule has 0 atom stereocenters. The van der Waals surface area contributed by atoms with E-state index in [1.807, 2.05) is 42.9 Å². The number of aryl methyl sites for hydroxylation is 2. The Hall–Kier alpha value is -4.64. The van der Waals surface area contributed by atoms with Gasteiger partial charge in [0.05, 0.1) is 17.7 Å². The molecule has 0 bridgehead atoms. The lowest BCUT2D eigenvalue weighted by molar-refractivity contribution is 0.0689. The van der Waals surface area contributed by atoms with E-state index in [-0.39, 0.29) is 19.1 Å². The maximum Gasteiger partial charge on any atom is 0.270 e. The smallest absolute Gasteiger partial charge is 0.270 e. The van der Waals surface area contributed by atoms with Gasteiger partial charge >= 0.3 is 0 Å². The first-order valence-corrected chi connectivity index (χ1v) is 12.2. The zero-order chi connectivity index (χ0) is 26.4. The Bertz CT molecular complexity index is 1690. The van der Waals surface area contributed by atoms with Crippen molar-refractivity contribution in [1.82, 2.24) is 34.2 Å². The fourth-order valence-electron chi connectivity index (χ4n) is 4.83. The average Bonchev–Trinajstić information content (AvgIpc) is 3.49. The van der Waals surface area contributed by atoms with Crippen molar-refractivity contribution in [2.24, 2.45) is 7.05 Å². The van der Waals surface area contributed by atoms with Crippen molar-refractivity contribution in [2.75, 3.05) is 11.9 Å². The number of pyridine rings is 1. The van der Waals surface area contributed by atoms with Gasteiger partial charge in [0.25, 0.3) is 5.91 Å². The van der Waals surface area contributed by atoms with Crippen molar-refractivity contribution in [1.29, 1.82) is 0 Å². The summed E-state index contributed by atoms with van der Waals surface area (Å²) in [5.74, 6) is 0.431. The van der Waals surface area contributed by atoms with Gasteiger partial charge < -0.3 is 19.9 Å². The molecule has 1 aromatic carbocycles. The van der Waals surface area contributed by atoms with E-state index in [4.69, 9.17) is 4.98 Å². The number of rotatable bonds is 6. The Morgan fingerprint density at radius 3 is 2.84 bits per heavy atom. The standard InChI is InChI=1S/C27H25FN8O2/c1-16-12-30-27(32-24-21-4-3-7-29-25(21)34(2)33-24)31-23(16)19-11-22-26(38)36(9-8-35(22)14-19)13-18-10-20(28)6-5-17(18)15-37/h3-7,10-12,14,37H,8-9,13,15H2,1-2H3,(H,30,31,32,33). The number of carbonyl (C=O) groups excluding carboxylic acids is 1. The van der Waals surface area contributed by atoms with Crippen LogP contribution in [0.2, 0.25) is 0 Å². The SMILES string of the molecule is Cc1cnc(Nc2nn(C)c3ncccc23)nc1-c1cc2n(c1)CCN(Cc1cc(F)ccc1CO)C2=O. The summed E-state index contributed by atoms with van der Waals surface area (Å²) in [6.07, 6.45) is 5.37. The summed E-state index contributed by atoms with van der Waals surface area (Å²) in [5, 5.41) is 18.2. The molecule has 4 aromatic heterocycles. The number of aliphatic hydroxyl groups excluding tert-OH is 1. The summed E-state index contributed by atoms with van der Waals surface area (Å²) in [5.41, 5.74) is 4.84. The summed E-state index contributed by atoms with van der Waals surface area (Å²) in [6.45, 7) is 2.99. The Labute approximate surface area is 217 Å². The van der Waals surface area contributed by atoms with Crippen LogP contribution in [0.25, 0.3) is 22.3 Å². The summed E-state index contributed by atoms with van der Waals surface area (Å²) < 4.78 is 17.4. The highest BCUT2D eigenvalue weighted by Gasteiger charge is 2.27. The molecule has 1 aliphatic heterocycles. The summed E-state index contributed by atoms with van der Waals surface area (Å²) in [6, 6.07) is 9.84. The lowest BCUT2D eigenvalue weighted by Gasteiger charge is -2.29. The van der Waals surface area contributed by atoms with Gasteiger partial charge in [-0.1, -0.05) is 6.07 Å². The van der Waals surface area contributed by atoms with Crippen molar-refractivity contribution < 1.29 is 14.3 Å². The number of halogens is 1. The van der Waals surface area contributed by atoms with Crippen LogP contribution in [0.1, 0.15) is 27.2 Å². The van der Waals surface area contributed by atoms with Gasteiger partial charge in [-0.3, -0.25) is 4.79 Å². The summed E-state index contributed by atoms with van der Waals surface area (Å²) in [7, 11) is 1.83. The first-order valence-electron chi connectivity index (χ1n) is 12.2. The van der Waals surface area contributed by atoms with E-state index in [1.54, 1.807) is 28.0 Å². The van der Waals surface area contributed by atoms with Gasteiger partial charge in [0.1, 0.15) is 11.5 Å². The van der Waals surface area contributed by atoms with E-state index >= 15 is 0 Å². The van der Waals surface area contributed by atoms with Crippen molar-refractivity contribution >= 4 is 28.7 Å². The molecule has 0 fully saturated rings. The molecule has 1 amide bonds. The average molecular weight is 513 g/mol. The second-order valence-corrected chi connectivity index (χ2v) is 9.30. The number of nitrogens with zero attached hydrogens (tertiary/aromatic N) is 7. The highest BCUT2D eigenvalue weighted by molar-refractivity contribution is 5.95. The van der Waals surface area contributed by atoms with Crippen LogP contribution in [0.3, 0.4) is 0 Å². The predicted molar refractivity (Wildman–Crippen MR) is 139 cm³/mol. The second kappa shape index (κ2) is 9.34. The van der Waals surface area contributed by atoms with Crippen LogP contribution >= 0.6 is 0 Å². The van der Waals surface area contributed by atoms with Crippen molar-refractivity contribution in [3.05, 3.63) is 83.2 Å². The van der Waals surface area contributed by atoms with Gasteiger partial charge in [0.15, 0.2) is 11.5 Å². The molecule has 2 N–H and O–H groups in total. The second-order valence-electron chi connectivity index (χ2n) is 9.30. The van der Waals surface area contributed by atoms with E-state index in [0.29, 0.717) is 47.4 Å². The molecule has 38 heavy (non-hydrogen) atoms. The maximum absolute atomic E-state index is 13.8. The Morgan fingerprint density at radius 2 is 2.00 bits per heavy atom. The molecule has 0 radical (unpaired) electrons. The topological polar surface area (TPSA) is 114 Å². The first kappa shape index (κ1) is 23.7. The number of fused-ring (bicyclic) bond motifs is 2. The maximum atomic E-state index is 13.8. The fourth-order valence-corrected chi connectivity index (χ4v) is 4.83. The molecular formula is C27H25FN8O2. The third-order valence-electron chi connectivity index (χ3n) is 6.79. The number of nitrogens with one attached hydrogen (secondary N) is 1. The van der Waals surface area contributed by atoms with E-state index in [0.717, 1.165) is 22.2 Å². The Kier molecular flexibility index (Phi) is 5.84. The molecule has 6 rings (SSSR count). The van der Waals surface area contributed by atoms with Crippen molar-refractivity contribution in [3.63, 3.8) is 0 Å². The van der Waals surface area contributed by atoms with Crippen LogP contribution in [-0.2, 0) is 26.7 Å². The lowest BCUT2D eigenvalue weighted by Crippen LogP contribution is -2.39. The van der Waals surface area contributed by atoms with Crippen LogP contribution in [0, 0.1) is 12.7 Å². The molecule has 1 aliphatic rings. The normalized spacial score (nSPS) is 13.3. The largest absolute Gasteiger partial charge is 0.392 e. The molecule has 0 saturated heterocycles. The van der Waals surface area contributed by atoms with Crippen LogP contribution in [0.4, 0.5) is 16.2 Å². The van der Waals surface area contributed by atoms with Crippen LogP contribution in [-0.4, -0.2) is 51.8 Å². The fraction of sp³-hybridized carbons (Fsp3) is 0.222. The minimum absolute atomic E-state index is 0.159. The van der Waals surface area contributed by atoms with E-state index in [2.05, 4.69) is 20.4 Å². The number of hydrogen-bond acceptors (Lipinski definition) is 7. The van der Waals surface area contributed by atoms with E-state index in [9.17, 15) is 14.3 Å². The summed E-state index contributed by atoms with van der Waals surface area (Å²) in [4.78, 5) is 28.6. The molecule has 0 aliphatic carbocycles. The molecule has 11 heteroatoms. The van der Waals surface area contributed by atoms with E-state index in [1.165, 1.54) is 12.1 Å². The minimum atomic E-state index is -0.397. The molecule has 5 heterocycles. The third-order valence-corrected chi connectivity index (χ3v) is 6.79. The minimum Gasteiger partial charge on any atom is -0.392 e. The number of anilines is 2. The zero-order valence-electron chi connectivity index (χ0n) is 20.9. The highest BCUT2D eigenvalue weighted by atomic mass is 19.1. The van der Waals surface area contributed by atoms with Crippen molar-refractivity contribution in [3.8, 4) is 11.3 Å². The number of amides is 1. The molecule has 0 spiro atoms. The number of hydrogen-bond donors (Lipinski definition) is 2. The quantitative estimate of drug-likeness (QED) is 0.358. The highest BCUT2D eigenvalue weighted by Crippen LogP contribution is 2.29. The first-order chi connectivity index (χ1) is 18.4. The molecule has 192 valence electrons. The number of aromatic nitrogens is 6. The third kappa shape index (κ3) is 4.16. The van der Waals surface area contributed by atoms with Crippen molar-refractivity contribution in [2.45, 2.75) is 26.6 Å². The van der Waals surface area contributed by atoms with Gasteiger partial charge in [-0.05, 0) is 53.9 Å². The Balaban J connectivity index is 1.28. The molecular weight excluding hydrogens is 487 g/mol. The van der Waals surface area contributed by atoms with E-state index < -0.39 is 5.82 Å². The lowest BCUT2D eigenvalue weighted by atomic mass is 10.1. The number of benzene rings is 1. The van der Waals surface area contributed by atoms with Gasteiger partial charge in [-0.15, -0.1) is 0 Å². The number of aliphatic hydroxyl groups is 1. The monoisotopic (exact) mass is 512 g/mol. The van der Waals surface area contributed by atoms with Gasteiger partial charge in [-0.2, -0.15) is 5.10 Å². The molecule has 0 unspecified atom stereocenters. The summed E-state index contributed by atoms with van der Waals surface area (Å²) >= 11 is 0. The van der Waals surface area contributed by atoms with Crippen LogP contribution in [0.15, 0.2) is 55.0 Å². The zero-order valence-corrected chi connectivity index (χ0v) is 20.9. The predicted octanol–water partition coefficient (Wildman–Crippen LogP) is 3.57. The molecule has 0 saturated carbocycles. The van der Waals surface area contributed by atoms with Gasteiger partial charge in [0.2, 0.25) is 5.95 Å². The molecule has 5 aromatic rings. The Morgan fingerprint density at radius 1 is 1.13 bits per heavy atom. The van der Waals surface area contributed by atoms with Crippen LogP contribution in [0.5, 0.6) is 0 Å². The van der Waals surface area contributed by atoms with Crippen LogP contribution < -0.4 is 5.32 Å². The molecule has 10 nitrogen and oxygen atoms in total. The number of carbonyl (C=O) groups is 1. The van der Waals surface area contributed by atoms with Gasteiger partial charge in [0, 0.05) is 50.8 Å².